The molecule has 0 bridgehead atoms. The standard InChI is InChI=1S/C13H16N2O3S/c1-10-12(7-8-18-10)15(2)19(16,17)13-6-4-3-5-11(13)9-14/h3-6,10,12H,7-8H2,1-2H3. The molecule has 2 atom stereocenters. The third-order valence-corrected chi connectivity index (χ3v) is 5.41. The zero-order chi connectivity index (χ0) is 14.0. The van der Waals surface area contributed by atoms with Crippen molar-refractivity contribution in [3.05, 3.63) is 29.8 Å². The molecule has 0 aromatic heterocycles. The first-order chi connectivity index (χ1) is 8.98. The second kappa shape index (κ2) is 5.29. The molecule has 0 spiro atoms. The van der Waals surface area contributed by atoms with E-state index in [4.69, 9.17) is 10.00 Å². The molecule has 1 aliphatic heterocycles. The van der Waals surface area contributed by atoms with Gasteiger partial charge in [0, 0.05) is 13.7 Å². The van der Waals surface area contributed by atoms with Crippen molar-refractivity contribution in [2.45, 2.75) is 30.4 Å². The predicted octanol–water partition coefficient (Wildman–Crippen LogP) is 1.36. The Balaban J connectivity index is 2.40. The van der Waals surface area contributed by atoms with Gasteiger partial charge in [-0.1, -0.05) is 12.1 Å². The molecule has 2 rings (SSSR count). The highest BCUT2D eigenvalue weighted by atomic mass is 32.2. The van der Waals surface area contributed by atoms with E-state index in [2.05, 4.69) is 0 Å². The van der Waals surface area contributed by atoms with Crippen LogP contribution in [0.3, 0.4) is 0 Å². The van der Waals surface area contributed by atoms with Crippen LogP contribution in [0.5, 0.6) is 0 Å². The van der Waals surface area contributed by atoms with Gasteiger partial charge >= 0.3 is 0 Å². The Labute approximate surface area is 113 Å². The van der Waals surface area contributed by atoms with Crippen molar-refractivity contribution in [1.82, 2.24) is 4.31 Å². The van der Waals surface area contributed by atoms with Gasteiger partial charge in [0.2, 0.25) is 10.0 Å². The van der Waals surface area contributed by atoms with Crippen LogP contribution in [0.25, 0.3) is 0 Å². The number of nitriles is 1. The fourth-order valence-corrected chi connectivity index (χ4v) is 3.90. The molecule has 6 heteroatoms. The molecule has 0 aliphatic carbocycles. The summed E-state index contributed by atoms with van der Waals surface area (Å²) >= 11 is 0. The Bertz CT molecular complexity index is 607. The molecule has 1 saturated heterocycles. The fourth-order valence-electron chi connectivity index (χ4n) is 2.32. The molecule has 1 aliphatic rings. The van der Waals surface area contributed by atoms with Gasteiger partial charge in [-0.05, 0) is 25.5 Å². The van der Waals surface area contributed by atoms with Crippen LogP contribution in [0, 0.1) is 11.3 Å². The average molecular weight is 280 g/mol. The minimum Gasteiger partial charge on any atom is -0.377 e. The largest absolute Gasteiger partial charge is 0.377 e. The van der Waals surface area contributed by atoms with E-state index in [1.165, 1.54) is 16.4 Å². The van der Waals surface area contributed by atoms with Crippen molar-refractivity contribution in [2.75, 3.05) is 13.7 Å². The highest BCUT2D eigenvalue weighted by molar-refractivity contribution is 7.89. The quantitative estimate of drug-likeness (QED) is 0.838. The molecule has 1 aromatic rings. The molecule has 1 fully saturated rings. The summed E-state index contributed by atoms with van der Waals surface area (Å²) in [5, 5.41) is 9.02. The highest BCUT2D eigenvalue weighted by Crippen LogP contribution is 2.26. The summed E-state index contributed by atoms with van der Waals surface area (Å²) in [7, 11) is -2.13. The van der Waals surface area contributed by atoms with Crippen molar-refractivity contribution in [3.63, 3.8) is 0 Å². The molecule has 0 radical (unpaired) electrons. The number of benzene rings is 1. The number of nitrogens with zero attached hydrogens (tertiary/aromatic N) is 2. The van der Waals surface area contributed by atoms with Crippen molar-refractivity contribution in [2.24, 2.45) is 0 Å². The predicted molar refractivity (Wildman–Crippen MR) is 69.9 cm³/mol. The zero-order valence-corrected chi connectivity index (χ0v) is 11.7. The van der Waals surface area contributed by atoms with Crippen LogP contribution in [0.2, 0.25) is 0 Å². The lowest BCUT2D eigenvalue weighted by Crippen LogP contribution is -2.41. The van der Waals surface area contributed by atoms with E-state index in [9.17, 15) is 8.42 Å². The van der Waals surface area contributed by atoms with Crippen molar-refractivity contribution in [1.29, 1.82) is 5.26 Å². The molecule has 1 heterocycles. The van der Waals surface area contributed by atoms with E-state index in [-0.39, 0.29) is 22.6 Å². The Morgan fingerprint density at radius 2 is 2.11 bits per heavy atom. The summed E-state index contributed by atoms with van der Waals surface area (Å²) in [6.45, 7) is 2.42. The fraction of sp³-hybridized carbons (Fsp3) is 0.462. The van der Waals surface area contributed by atoms with Crippen molar-refractivity contribution < 1.29 is 13.2 Å². The molecule has 0 amide bonds. The Morgan fingerprint density at radius 3 is 2.68 bits per heavy atom. The molecule has 5 nitrogen and oxygen atoms in total. The number of hydrogen-bond acceptors (Lipinski definition) is 4. The molecular formula is C13H16N2O3S. The van der Waals surface area contributed by atoms with Gasteiger partial charge in [-0.15, -0.1) is 0 Å². The van der Waals surface area contributed by atoms with Gasteiger partial charge in [0.1, 0.15) is 6.07 Å². The highest BCUT2D eigenvalue weighted by Gasteiger charge is 2.36. The monoisotopic (exact) mass is 280 g/mol. The van der Waals surface area contributed by atoms with Crippen LogP contribution in [0.1, 0.15) is 18.9 Å². The molecule has 0 N–H and O–H groups in total. The summed E-state index contributed by atoms with van der Waals surface area (Å²) in [4.78, 5) is 0.0547. The molecule has 2 unspecified atom stereocenters. The van der Waals surface area contributed by atoms with Gasteiger partial charge in [-0.2, -0.15) is 9.57 Å². The SMILES string of the molecule is CC1OCCC1N(C)S(=O)(=O)c1ccccc1C#N. The maximum absolute atomic E-state index is 12.6. The van der Waals surface area contributed by atoms with Crippen LogP contribution in [0.15, 0.2) is 29.2 Å². The third kappa shape index (κ3) is 2.50. The summed E-state index contributed by atoms with van der Waals surface area (Å²) in [6, 6.07) is 7.98. The van der Waals surface area contributed by atoms with Gasteiger partial charge in [0.05, 0.1) is 22.6 Å². The lowest BCUT2D eigenvalue weighted by Gasteiger charge is -2.26. The number of ether oxygens (including phenoxy) is 1. The van der Waals surface area contributed by atoms with Crippen LogP contribution in [-0.4, -0.2) is 38.5 Å². The van der Waals surface area contributed by atoms with Crippen molar-refractivity contribution in [3.8, 4) is 6.07 Å². The lowest BCUT2D eigenvalue weighted by atomic mass is 10.2. The van der Waals surface area contributed by atoms with Crippen molar-refractivity contribution >= 4 is 10.0 Å². The molecule has 102 valence electrons. The molecular weight excluding hydrogens is 264 g/mol. The second-order valence-electron chi connectivity index (χ2n) is 4.56. The number of sulfonamides is 1. The first kappa shape index (κ1) is 14.0. The van der Waals surface area contributed by atoms with E-state index in [1.54, 1.807) is 19.2 Å². The number of likely N-dealkylation sites (N-methyl/N-ethyl adjacent to an activating group) is 1. The summed E-state index contributed by atoms with van der Waals surface area (Å²) in [5.74, 6) is 0. The normalized spacial score (nSPS) is 23.5. The van der Waals surface area contributed by atoms with E-state index in [1.807, 2.05) is 13.0 Å². The van der Waals surface area contributed by atoms with Crippen LogP contribution in [-0.2, 0) is 14.8 Å². The van der Waals surface area contributed by atoms with Crippen LogP contribution >= 0.6 is 0 Å². The first-order valence-electron chi connectivity index (χ1n) is 6.07. The van der Waals surface area contributed by atoms with Crippen LogP contribution < -0.4 is 0 Å². The van der Waals surface area contributed by atoms with Crippen LogP contribution in [0.4, 0.5) is 0 Å². The summed E-state index contributed by atoms with van der Waals surface area (Å²) in [5.41, 5.74) is 0.168. The average Bonchev–Trinajstić information content (AvgIpc) is 2.83. The van der Waals surface area contributed by atoms with Gasteiger partial charge < -0.3 is 4.74 Å². The Kier molecular flexibility index (Phi) is 3.90. The lowest BCUT2D eigenvalue weighted by molar-refractivity contribution is 0.102. The summed E-state index contributed by atoms with van der Waals surface area (Å²) in [6.07, 6.45) is 0.542. The number of rotatable bonds is 3. The maximum atomic E-state index is 12.6. The first-order valence-corrected chi connectivity index (χ1v) is 7.51. The smallest absolute Gasteiger partial charge is 0.244 e. The van der Waals surface area contributed by atoms with Gasteiger partial charge in [-0.3, -0.25) is 0 Å². The van der Waals surface area contributed by atoms with Gasteiger partial charge in [0.15, 0.2) is 0 Å². The number of hydrogen-bond donors (Lipinski definition) is 0. The van der Waals surface area contributed by atoms with E-state index >= 15 is 0 Å². The second-order valence-corrected chi connectivity index (χ2v) is 6.53. The van der Waals surface area contributed by atoms with Gasteiger partial charge in [0.25, 0.3) is 0 Å². The van der Waals surface area contributed by atoms with E-state index in [0.29, 0.717) is 13.0 Å². The molecule has 19 heavy (non-hydrogen) atoms. The third-order valence-electron chi connectivity index (χ3n) is 3.47. The molecule has 0 saturated carbocycles. The Hall–Kier alpha value is -1.42. The topological polar surface area (TPSA) is 70.4 Å². The van der Waals surface area contributed by atoms with E-state index in [0.717, 1.165) is 0 Å². The Morgan fingerprint density at radius 1 is 1.42 bits per heavy atom. The summed E-state index contributed by atoms with van der Waals surface area (Å²) < 4.78 is 31.9. The van der Waals surface area contributed by atoms with E-state index < -0.39 is 10.0 Å². The molecule has 1 aromatic carbocycles. The minimum absolute atomic E-state index is 0.0547. The minimum atomic E-state index is -3.67. The van der Waals surface area contributed by atoms with Gasteiger partial charge in [-0.25, -0.2) is 8.42 Å². The zero-order valence-electron chi connectivity index (χ0n) is 10.9. The maximum Gasteiger partial charge on any atom is 0.244 e.